The van der Waals surface area contributed by atoms with Crippen LogP contribution in [0.3, 0.4) is 0 Å². The number of hydrogen-bond acceptors (Lipinski definition) is 5. The summed E-state index contributed by atoms with van der Waals surface area (Å²) in [5.74, 6) is 0.631. The quantitative estimate of drug-likeness (QED) is 0.849. The Morgan fingerprint density at radius 1 is 1.33 bits per heavy atom. The van der Waals surface area contributed by atoms with Gasteiger partial charge in [-0.2, -0.15) is 4.98 Å². The Hall–Kier alpha value is -2.08. The summed E-state index contributed by atoms with van der Waals surface area (Å²) in [6.45, 7) is 4.84. The molecule has 0 atom stereocenters. The van der Waals surface area contributed by atoms with E-state index in [1.807, 2.05) is 6.92 Å². The first-order valence-corrected chi connectivity index (χ1v) is 6.97. The van der Waals surface area contributed by atoms with Gasteiger partial charge in [0.25, 0.3) is 0 Å². The van der Waals surface area contributed by atoms with E-state index < -0.39 is 5.82 Å². The summed E-state index contributed by atoms with van der Waals surface area (Å²) in [4.78, 5) is 8.26. The van der Waals surface area contributed by atoms with Crippen molar-refractivity contribution in [1.29, 1.82) is 0 Å². The van der Waals surface area contributed by atoms with Gasteiger partial charge in [-0.25, -0.2) is 9.37 Å². The monoisotopic (exact) mass is 310 g/mol. The van der Waals surface area contributed by atoms with Crippen LogP contribution >= 0.6 is 11.6 Å². The Morgan fingerprint density at radius 3 is 2.81 bits per heavy atom. The number of halogens is 2. The third-order valence-corrected chi connectivity index (χ3v) is 2.85. The lowest BCUT2D eigenvalue weighted by Gasteiger charge is -2.11. The van der Waals surface area contributed by atoms with Gasteiger partial charge in [0.15, 0.2) is 17.4 Å². The average Bonchev–Trinajstić information content (AvgIpc) is 2.46. The number of rotatable bonds is 6. The Kier molecular flexibility index (Phi) is 5.16. The molecule has 1 aromatic heterocycles. The molecule has 7 heteroatoms. The van der Waals surface area contributed by atoms with E-state index >= 15 is 0 Å². The van der Waals surface area contributed by atoms with Crippen LogP contribution in [-0.4, -0.2) is 23.1 Å². The summed E-state index contributed by atoms with van der Waals surface area (Å²) in [7, 11) is 0. The molecule has 0 aliphatic rings. The van der Waals surface area contributed by atoms with Crippen LogP contribution in [0.5, 0.6) is 5.75 Å². The first-order valence-electron chi connectivity index (χ1n) is 6.59. The molecule has 0 spiro atoms. The largest absolute Gasteiger partial charge is 0.491 e. The summed E-state index contributed by atoms with van der Waals surface area (Å²) in [5, 5.41) is 6.30. The molecule has 0 aliphatic heterocycles. The minimum atomic E-state index is -0.445. The van der Waals surface area contributed by atoms with Crippen molar-refractivity contribution in [3.63, 3.8) is 0 Å². The Morgan fingerprint density at radius 2 is 2.14 bits per heavy atom. The number of ether oxygens (including phenoxy) is 1. The normalized spacial score (nSPS) is 10.3. The van der Waals surface area contributed by atoms with Crippen LogP contribution in [0.15, 0.2) is 24.4 Å². The number of nitrogens with one attached hydrogen (secondary N) is 2. The first kappa shape index (κ1) is 15.3. The molecule has 112 valence electrons. The van der Waals surface area contributed by atoms with Crippen molar-refractivity contribution in [2.24, 2.45) is 0 Å². The molecule has 2 N–H and O–H groups in total. The van der Waals surface area contributed by atoms with Crippen LogP contribution in [0.25, 0.3) is 0 Å². The maximum absolute atomic E-state index is 13.8. The van der Waals surface area contributed by atoms with Gasteiger partial charge in [-0.3, -0.25) is 0 Å². The van der Waals surface area contributed by atoms with Crippen molar-refractivity contribution in [3.8, 4) is 5.75 Å². The van der Waals surface area contributed by atoms with Crippen LogP contribution in [0.2, 0.25) is 5.02 Å². The highest BCUT2D eigenvalue weighted by Crippen LogP contribution is 2.26. The third-order valence-electron chi connectivity index (χ3n) is 2.57. The van der Waals surface area contributed by atoms with Gasteiger partial charge < -0.3 is 15.4 Å². The first-order chi connectivity index (χ1) is 10.1. The van der Waals surface area contributed by atoms with Gasteiger partial charge in [-0.1, -0.05) is 11.6 Å². The van der Waals surface area contributed by atoms with Crippen LogP contribution < -0.4 is 15.4 Å². The van der Waals surface area contributed by atoms with Crippen LogP contribution in [0.4, 0.5) is 21.8 Å². The van der Waals surface area contributed by atoms with Gasteiger partial charge in [-0.05, 0) is 26.0 Å². The second-order valence-electron chi connectivity index (χ2n) is 4.12. The summed E-state index contributed by atoms with van der Waals surface area (Å²) >= 11 is 6.03. The topological polar surface area (TPSA) is 59.1 Å². The van der Waals surface area contributed by atoms with Gasteiger partial charge in [-0.15, -0.1) is 0 Å². The van der Waals surface area contributed by atoms with Crippen molar-refractivity contribution < 1.29 is 9.13 Å². The second-order valence-corrected chi connectivity index (χ2v) is 4.53. The summed E-state index contributed by atoms with van der Waals surface area (Å²) in [6, 6.07) is 4.58. The standard InChI is InChI=1S/C14H16ClFN4O/c1-3-17-14-18-8-10(15)13(20-14)19-9-5-6-12(21-4-2)11(16)7-9/h5-8H,3-4H2,1-2H3,(H2,17,18,19,20). The minimum Gasteiger partial charge on any atom is -0.491 e. The summed E-state index contributed by atoms with van der Waals surface area (Å²) < 4.78 is 18.9. The highest BCUT2D eigenvalue weighted by atomic mass is 35.5. The van der Waals surface area contributed by atoms with Crippen molar-refractivity contribution >= 4 is 29.1 Å². The van der Waals surface area contributed by atoms with Crippen LogP contribution in [0.1, 0.15) is 13.8 Å². The zero-order chi connectivity index (χ0) is 15.2. The number of aromatic nitrogens is 2. The van der Waals surface area contributed by atoms with E-state index in [-0.39, 0.29) is 5.75 Å². The van der Waals surface area contributed by atoms with Crippen molar-refractivity contribution in [2.75, 3.05) is 23.8 Å². The fourth-order valence-electron chi connectivity index (χ4n) is 1.69. The lowest BCUT2D eigenvalue weighted by molar-refractivity contribution is 0.321. The summed E-state index contributed by atoms with van der Waals surface area (Å²) in [5.41, 5.74) is 0.527. The molecule has 0 amide bonds. The third kappa shape index (κ3) is 3.95. The molecule has 0 radical (unpaired) electrons. The molecule has 0 saturated heterocycles. The molecule has 21 heavy (non-hydrogen) atoms. The smallest absolute Gasteiger partial charge is 0.224 e. The van der Waals surface area contributed by atoms with Gasteiger partial charge in [0.05, 0.1) is 12.8 Å². The number of anilines is 3. The van der Waals surface area contributed by atoms with E-state index in [0.29, 0.717) is 35.6 Å². The predicted molar refractivity (Wildman–Crippen MR) is 82.1 cm³/mol. The van der Waals surface area contributed by atoms with E-state index in [4.69, 9.17) is 16.3 Å². The second kappa shape index (κ2) is 7.08. The number of nitrogens with zero attached hydrogens (tertiary/aromatic N) is 2. The molecule has 0 unspecified atom stereocenters. The molecule has 0 saturated carbocycles. The van der Waals surface area contributed by atoms with E-state index in [1.54, 1.807) is 19.1 Å². The minimum absolute atomic E-state index is 0.213. The predicted octanol–water partition coefficient (Wildman–Crippen LogP) is 3.84. The van der Waals surface area contributed by atoms with E-state index in [2.05, 4.69) is 20.6 Å². The number of benzene rings is 1. The van der Waals surface area contributed by atoms with Crippen molar-refractivity contribution in [3.05, 3.63) is 35.2 Å². The fraction of sp³-hybridized carbons (Fsp3) is 0.286. The Labute approximate surface area is 127 Å². The van der Waals surface area contributed by atoms with Gasteiger partial charge in [0, 0.05) is 18.3 Å². The molecule has 0 aliphatic carbocycles. The number of hydrogen-bond donors (Lipinski definition) is 2. The van der Waals surface area contributed by atoms with Gasteiger partial charge >= 0.3 is 0 Å². The molecule has 1 heterocycles. The molecule has 1 aromatic carbocycles. The highest BCUT2D eigenvalue weighted by Gasteiger charge is 2.08. The van der Waals surface area contributed by atoms with Crippen LogP contribution in [0, 0.1) is 5.82 Å². The highest BCUT2D eigenvalue weighted by molar-refractivity contribution is 6.32. The zero-order valence-corrected chi connectivity index (χ0v) is 12.5. The molecule has 2 rings (SSSR count). The molecule has 5 nitrogen and oxygen atoms in total. The SMILES string of the molecule is CCNc1ncc(Cl)c(Nc2ccc(OCC)c(F)c2)n1. The summed E-state index contributed by atoms with van der Waals surface area (Å²) in [6.07, 6.45) is 1.49. The lowest BCUT2D eigenvalue weighted by Crippen LogP contribution is -2.04. The van der Waals surface area contributed by atoms with E-state index in [9.17, 15) is 4.39 Å². The van der Waals surface area contributed by atoms with Gasteiger partial charge in [0.2, 0.25) is 5.95 Å². The van der Waals surface area contributed by atoms with Gasteiger partial charge in [0.1, 0.15) is 5.02 Å². The molecule has 2 aromatic rings. The van der Waals surface area contributed by atoms with Crippen molar-refractivity contribution in [2.45, 2.75) is 13.8 Å². The van der Waals surface area contributed by atoms with Crippen LogP contribution in [-0.2, 0) is 0 Å². The molecular weight excluding hydrogens is 295 g/mol. The Balaban J connectivity index is 2.21. The lowest BCUT2D eigenvalue weighted by atomic mass is 10.3. The van der Waals surface area contributed by atoms with E-state index in [0.717, 1.165) is 0 Å². The maximum Gasteiger partial charge on any atom is 0.224 e. The molecular formula is C14H16ClFN4O. The maximum atomic E-state index is 13.8. The average molecular weight is 311 g/mol. The Bertz CT molecular complexity index is 624. The fourth-order valence-corrected chi connectivity index (χ4v) is 1.82. The van der Waals surface area contributed by atoms with E-state index in [1.165, 1.54) is 12.3 Å². The molecule has 0 fully saturated rings. The van der Waals surface area contributed by atoms with Crippen molar-refractivity contribution in [1.82, 2.24) is 9.97 Å². The zero-order valence-electron chi connectivity index (χ0n) is 11.8. The molecule has 0 bridgehead atoms.